The average Bonchev–Trinajstić information content (AvgIpc) is 3.00. The molecule has 0 spiro atoms. The second-order valence-electron chi connectivity index (χ2n) is 11.2. The van der Waals surface area contributed by atoms with Crippen molar-refractivity contribution >= 4 is 52.5 Å². The summed E-state index contributed by atoms with van der Waals surface area (Å²) in [5.74, 6) is -1.33. The highest BCUT2D eigenvalue weighted by Crippen LogP contribution is 2.48. The molecule has 238 valence electrons. The molecule has 3 aliphatic rings. The van der Waals surface area contributed by atoms with E-state index in [0.29, 0.717) is 37.9 Å². The Hall–Kier alpha value is -3.67. The molecule has 2 N–H and O–H groups in total. The molecule has 0 saturated heterocycles. The van der Waals surface area contributed by atoms with Gasteiger partial charge in [-0.3, -0.25) is 9.59 Å². The number of thiocarbonyl (C=S) groups is 1. The summed E-state index contributed by atoms with van der Waals surface area (Å²) in [6, 6.07) is 15.1. The van der Waals surface area contributed by atoms with Crippen molar-refractivity contribution in [1.29, 1.82) is 0 Å². The lowest BCUT2D eigenvalue weighted by Gasteiger charge is -2.57. The van der Waals surface area contributed by atoms with Gasteiger partial charge in [-0.15, -0.1) is 0 Å². The molecule has 0 heterocycles. The first-order valence-electron chi connectivity index (χ1n) is 14.2. The predicted molar refractivity (Wildman–Crippen MR) is 168 cm³/mol. The summed E-state index contributed by atoms with van der Waals surface area (Å²) in [5, 5.41) is 5.90. The molecule has 0 unspecified atom stereocenters. The minimum Gasteiger partial charge on any atom is -0.484 e. The number of ether oxygens (including phenoxy) is 4. The number of hydrogen-bond donors (Lipinski definition) is 2. The summed E-state index contributed by atoms with van der Waals surface area (Å²) in [6.45, 7) is 1.24. The van der Waals surface area contributed by atoms with Gasteiger partial charge in [0.1, 0.15) is 35.0 Å². The lowest BCUT2D eigenvalue weighted by atomic mass is 9.59. The summed E-state index contributed by atoms with van der Waals surface area (Å²) in [6.07, 6.45) is 1.62. The standard InChI is InChI=1S/C32H30Cl2F2N2O6S/c1-19-2-4-20(5-3-19)43-30(45)44-27-16-31(37-28(39)17-41-21-6-8-23(33)25(35)14-21)10-12-32(27,13-11-31)38-29(40)18-42-22-7-9-24(34)26(36)15-22/h2-9,14-15,27H,10-13,16-18H2,1H3,(H,37,39)(H,38,40)/t27-,31?,32?/m1/s1. The summed E-state index contributed by atoms with van der Waals surface area (Å²) in [4.78, 5) is 26.1. The Balaban J connectivity index is 1.26. The zero-order valence-electron chi connectivity index (χ0n) is 24.2. The Morgan fingerprint density at radius 2 is 1.33 bits per heavy atom. The lowest BCUT2D eigenvalue weighted by molar-refractivity contribution is -0.136. The Labute approximate surface area is 274 Å². The van der Waals surface area contributed by atoms with Crippen LogP contribution in [0.2, 0.25) is 10.0 Å². The summed E-state index contributed by atoms with van der Waals surface area (Å²) in [5.41, 5.74) is -0.456. The number of benzene rings is 3. The van der Waals surface area contributed by atoms with Crippen molar-refractivity contribution in [2.45, 2.75) is 56.2 Å². The molecule has 2 bridgehead atoms. The molecule has 3 aromatic carbocycles. The zero-order chi connectivity index (χ0) is 32.2. The van der Waals surface area contributed by atoms with Gasteiger partial charge in [-0.2, -0.15) is 0 Å². The first-order chi connectivity index (χ1) is 21.4. The van der Waals surface area contributed by atoms with E-state index in [1.54, 1.807) is 12.1 Å². The van der Waals surface area contributed by atoms with E-state index in [0.717, 1.165) is 17.7 Å². The van der Waals surface area contributed by atoms with E-state index < -0.39 is 40.6 Å². The fraction of sp³-hybridized carbons (Fsp3) is 0.344. The van der Waals surface area contributed by atoms with Crippen LogP contribution in [0.15, 0.2) is 60.7 Å². The second kappa shape index (κ2) is 13.8. The highest BCUT2D eigenvalue weighted by Gasteiger charge is 2.57. The number of hydrogen-bond acceptors (Lipinski definition) is 7. The van der Waals surface area contributed by atoms with Gasteiger partial charge in [0.2, 0.25) is 0 Å². The van der Waals surface area contributed by atoms with Gasteiger partial charge < -0.3 is 29.6 Å². The molecule has 13 heteroatoms. The predicted octanol–water partition coefficient (Wildman–Crippen LogP) is 6.47. The van der Waals surface area contributed by atoms with Crippen molar-refractivity contribution in [1.82, 2.24) is 10.6 Å². The van der Waals surface area contributed by atoms with Crippen LogP contribution in [-0.4, -0.2) is 47.4 Å². The van der Waals surface area contributed by atoms with Crippen LogP contribution < -0.4 is 24.8 Å². The quantitative estimate of drug-likeness (QED) is 0.237. The monoisotopic (exact) mass is 678 g/mol. The third-order valence-electron chi connectivity index (χ3n) is 8.07. The van der Waals surface area contributed by atoms with E-state index in [4.69, 9.17) is 54.4 Å². The molecule has 6 rings (SSSR count). The molecule has 8 nitrogen and oxygen atoms in total. The van der Waals surface area contributed by atoms with E-state index in [2.05, 4.69) is 10.6 Å². The van der Waals surface area contributed by atoms with Crippen LogP contribution in [0.5, 0.6) is 17.2 Å². The number of amides is 2. The second-order valence-corrected chi connectivity index (χ2v) is 12.4. The van der Waals surface area contributed by atoms with Crippen molar-refractivity contribution in [2.75, 3.05) is 13.2 Å². The van der Waals surface area contributed by atoms with Crippen LogP contribution in [0.25, 0.3) is 0 Å². The number of halogens is 4. The first-order valence-corrected chi connectivity index (χ1v) is 15.3. The molecular formula is C32H30Cl2F2N2O6S. The van der Waals surface area contributed by atoms with E-state index in [-0.39, 0.29) is 40.0 Å². The van der Waals surface area contributed by atoms with E-state index in [1.165, 1.54) is 24.3 Å². The van der Waals surface area contributed by atoms with E-state index >= 15 is 0 Å². The van der Waals surface area contributed by atoms with Gasteiger partial charge in [0.25, 0.3) is 11.8 Å². The lowest BCUT2D eigenvalue weighted by Crippen LogP contribution is -2.71. The van der Waals surface area contributed by atoms with Gasteiger partial charge in [0.15, 0.2) is 13.2 Å². The van der Waals surface area contributed by atoms with Crippen LogP contribution in [-0.2, 0) is 14.3 Å². The molecule has 3 aromatic rings. The van der Waals surface area contributed by atoms with Crippen LogP contribution in [0.4, 0.5) is 8.78 Å². The largest absolute Gasteiger partial charge is 0.484 e. The van der Waals surface area contributed by atoms with Gasteiger partial charge in [-0.25, -0.2) is 8.78 Å². The Morgan fingerprint density at radius 3 is 1.87 bits per heavy atom. The molecule has 3 fully saturated rings. The topological polar surface area (TPSA) is 95.1 Å². The Morgan fingerprint density at radius 1 is 0.822 bits per heavy atom. The summed E-state index contributed by atoms with van der Waals surface area (Å²) >= 11 is 16.9. The molecule has 1 atom stereocenters. The third-order valence-corrected chi connectivity index (χ3v) is 8.86. The molecule has 3 saturated carbocycles. The van der Waals surface area contributed by atoms with Gasteiger partial charge >= 0.3 is 5.24 Å². The average molecular weight is 680 g/mol. The highest BCUT2D eigenvalue weighted by atomic mass is 35.5. The zero-order valence-corrected chi connectivity index (χ0v) is 26.5. The minimum absolute atomic E-state index is 0.0496. The number of aryl methyl sites for hydroxylation is 1. The molecule has 0 aromatic heterocycles. The van der Waals surface area contributed by atoms with Gasteiger partial charge in [0, 0.05) is 36.3 Å². The maximum atomic E-state index is 13.8. The molecular weight excluding hydrogens is 649 g/mol. The molecule has 0 aliphatic heterocycles. The van der Waals surface area contributed by atoms with E-state index in [1.807, 2.05) is 19.1 Å². The van der Waals surface area contributed by atoms with Crippen LogP contribution in [0.3, 0.4) is 0 Å². The van der Waals surface area contributed by atoms with Gasteiger partial charge in [0.05, 0.1) is 15.6 Å². The SMILES string of the molecule is Cc1ccc(OC(=S)O[C@@H]2CC3(NC(=O)COc4ccc(Cl)c(F)c4)CCC2(NC(=O)COc2ccc(Cl)c(F)c2)CC3)cc1. The fourth-order valence-corrected chi connectivity index (χ4v) is 6.15. The number of nitrogens with one attached hydrogen (secondary N) is 2. The van der Waals surface area contributed by atoms with Crippen LogP contribution >= 0.6 is 35.4 Å². The molecule has 2 amide bonds. The highest BCUT2D eigenvalue weighted by molar-refractivity contribution is 7.79. The first kappa shape index (κ1) is 32.7. The maximum Gasteiger partial charge on any atom is 0.358 e. The summed E-state index contributed by atoms with van der Waals surface area (Å²) in [7, 11) is 0. The van der Waals surface area contributed by atoms with Crippen molar-refractivity contribution in [3.8, 4) is 17.2 Å². The number of rotatable bonds is 10. The van der Waals surface area contributed by atoms with E-state index in [9.17, 15) is 18.4 Å². The smallest absolute Gasteiger partial charge is 0.358 e. The van der Waals surface area contributed by atoms with Crippen molar-refractivity contribution in [3.05, 3.63) is 87.9 Å². The minimum atomic E-state index is -0.837. The van der Waals surface area contributed by atoms with Gasteiger partial charge in [-0.1, -0.05) is 40.9 Å². The maximum absolute atomic E-state index is 13.8. The Bertz CT molecular complexity index is 1580. The van der Waals surface area contributed by atoms with Crippen LogP contribution in [0, 0.1) is 18.6 Å². The normalized spacial score (nSPS) is 21.8. The van der Waals surface area contributed by atoms with Crippen molar-refractivity contribution in [3.63, 3.8) is 0 Å². The number of carbonyl (C=O) groups is 2. The summed E-state index contributed by atoms with van der Waals surface area (Å²) < 4.78 is 50.5. The molecule has 3 aliphatic carbocycles. The van der Waals surface area contributed by atoms with Crippen molar-refractivity contribution in [2.24, 2.45) is 0 Å². The fourth-order valence-electron chi connectivity index (χ4n) is 5.71. The number of fused-ring (bicyclic) bond motifs is 3. The van der Waals surface area contributed by atoms with Crippen molar-refractivity contribution < 1.29 is 37.3 Å². The van der Waals surface area contributed by atoms with Gasteiger partial charge in [-0.05, 0) is 69.0 Å². The van der Waals surface area contributed by atoms with Crippen LogP contribution in [0.1, 0.15) is 37.7 Å². The number of carbonyl (C=O) groups excluding carboxylic acids is 2. The molecule has 45 heavy (non-hydrogen) atoms. The molecule has 0 radical (unpaired) electrons. The third kappa shape index (κ3) is 8.14. The Kier molecular flexibility index (Phi) is 10.0.